The molecule has 1 aliphatic heterocycles. The van der Waals surface area contributed by atoms with Crippen LogP contribution in [0.15, 0.2) is 23.2 Å². The van der Waals surface area contributed by atoms with Gasteiger partial charge >= 0.3 is 0 Å². The van der Waals surface area contributed by atoms with Gasteiger partial charge in [-0.05, 0) is 31.0 Å². The topological polar surface area (TPSA) is 41.9 Å². The minimum Gasteiger partial charge on any atom is -0.496 e. The molecule has 0 N–H and O–H groups in total. The predicted octanol–water partition coefficient (Wildman–Crippen LogP) is 4.47. The Labute approximate surface area is 147 Å². The fraction of sp³-hybridized carbons (Fsp3) is 0.529. The third-order valence-electron chi connectivity index (χ3n) is 3.79. The lowest BCUT2D eigenvalue weighted by Gasteiger charge is -2.17. The maximum absolute atomic E-state index is 12.6. The van der Waals surface area contributed by atoms with Crippen molar-refractivity contribution in [3.8, 4) is 5.75 Å². The molecule has 6 heteroatoms. The minimum absolute atomic E-state index is 0.301. The molecular formula is C17H23ClN2O2S. The normalized spacial score (nSPS) is 19.4. The maximum atomic E-state index is 12.6. The van der Waals surface area contributed by atoms with E-state index in [1.54, 1.807) is 30.0 Å². The van der Waals surface area contributed by atoms with Gasteiger partial charge in [-0.1, -0.05) is 43.6 Å². The summed E-state index contributed by atoms with van der Waals surface area (Å²) in [4.78, 5) is 19.2. The number of aliphatic imine (C=N–C) groups is 1. The van der Waals surface area contributed by atoms with E-state index in [0.717, 1.165) is 37.5 Å². The first-order valence-electron chi connectivity index (χ1n) is 7.97. The number of rotatable bonds is 6. The largest absolute Gasteiger partial charge is 0.496 e. The van der Waals surface area contributed by atoms with Gasteiger partial charge in [-0.2, -0.15) is 4.99 Å². The van der Waals surface area contributed by atoms with Gasteiger partial charge in [0, 0.05) is 23.4 Å². The van der Waals surface area contributed by atoms with Gasteiger partial charge in [0.05, 0.1) is 12.7 Å². The van der Waals surface area contributed by atoms with Gasteiger partial charge in [0.1, 0.15) is 5.75 Å². The number of carbonyl (C=O) groups excluding carboxylic acids is 1. The van der Waals surface area contributed by atoms with E-state index >= 15 is 0 Å². The second kappa shape index (κ2) is 8.60. The van der Waals surface area contributed by atoms with Crippen molar-refractivity contribution in [2.45, 2.75) is 38.4 Å². The molecule has 1 aromatic rings. The second-order valence-electron chi connectivity index (χ2n) is 5.49. The number of hydrogen-bond donors (Lipinski definition) is 0. The van der Waals surface area contributed by atoms with Gasteiger partial charge in [-0.3, -0.25) is 4.79 Å². The van der Waals surface area contributed by atoms with Crippen LogP contribution in [0, 0.1) is 0 Å². The number of nitrogens with zero attached hydrogens (tertiary/aromatic N) is 2. The number of ether oxygens (including phenoxy) is 1. The van der Waals surface area contributed by atoms with Crippen LogP contribution in [0.1, 0.15) is 43.5 Å². The number of amides is 1. The molecule has 0 bridgehead atoms. The highest BCUT2D eigenvalue weighted by atomic mass is 35.5. The number of halogens is 1. The summed E-state index contributed by atoms with van der Waals surface area (Å²) in [6.45, 7) is 6.23. The monoisotopic (exact) mass is 354 g/mol. The average Bonchev–Trinajstić information content (AvgIpc) is 2.94. The van der Waals surface area contributed by atoms with Gasteiger partial charge in [-0.15, -0.1) is 0 Å². The Morgan fingerprint density at radius 2 is 2.26 bits per heavy atom. The summed E-state index contributed by atoms with van der Waals surface area (Å²) in [5, 5.41) is 1.82. The SMILES string of the molecule is CCCCN1CC(CC)S/C1=N\C(=O)c1cc(Cl)ccc1OC. The summed E-state index contributed by atoms with van der Waals surface area (Å²) in [6.07, 6.45) is 3.30. The average molecular weight is 355 g/mol. The fourth-order valence-corrected chi connectivity index (χ4v) is 3.77. The van der Waals surface area contributed by atoms with E-state index in [9.17, 15) is 4.79 Å². The molecule has 126 valence electrons. The molecule has 1 saturated heterocycles. The van der Waals surface area contributed by atoms with Crippen LogP contribution in [0.5, 0.6) is 5.75 Å². The van der Waals surface area contributed by atoms with Crippen LogP contribution in [0.3, 0.4) is 0 Å². The molecule has 1 aromatic carbocycles. The van der Waals surface area contributed by atoms with Gasteiger partial charge < -0.3 is 9.64 Å². The molecule has 1 aliphatic rings. The number of methoxy groups -OCH3 is 1. The van der Waals surface area contributed by atoms with Gasteiger partial charge in [-0.25, -0.2) is 0 Å². The Morgan fingerprint density at radius 1 is 1.48 bits per heavy atom. The smallest absolute Gasteiger partial charge is 0.283 e. The van der Waals surface area contributed by atoms with E-state index in [2.05, 4.69) is 23.7 Å². The van der Waals surface area contributed by atoms with Crippen LogP contribution >= 0.6 is 23.4 Å². The molecule has 23 heavy (non-hydrogen) atoms. The van der Waals surface area contributed by atoms with Crippen molar-refractivity contribution in [3.63, 3.8) is 0 Å². The number of hydrogen-bond acceptors (Lipinski definition) is 3. The highest BCUT2D eigenvalue weighted by Crippen LogP contribution is 2.30. The first-order chi connectivity index (χ1) is 11.1. The van der Waals surface area contributed by atoms with Crippen LogP contribution in [0.4, 0.5) is 0 Å². The third kappa shape index (κ3) is 4.64. The zero-order valence-corrected chi connectivity index (χ0v) is 15.4. The molecule has 1 heterocycles. The highest BCUT2D eigenvalue weighted by Gasteiger charge is 2.28. The summed E-state index contributed by atoms with van der Waals surface area (Å²) < 4.78 is 5.25. The van der Waals surface area contributed by atoms with Crippen LogP contribution in [0.25, 0.3) is 0 Å². The lowest BCUT2D eigenvalue weighted by Crippen LogP contribution is -2.27. The summed E-state index contributed by atoms with van der Waals surface area (Å²) in [6, 6.07) is 5.01. The fourth-order valence-electron chi connectivity index (χ4n) is 2.42. The van der Waals surface area contributed by atoms with Crippen LogP contribution in [-0.2, 0) is 0 Å². The van der Waals surface area contributed by atoms with Crippen LogP contribution < -0.4 is 4.74 Å². The number of amidine groups is 1. The molecule has 1 unspecified atom stereocenters. The number of thioether (sulfide) groups is 1. The van der Waals surface area contributed by atoms with Crippen molar-refractivity contribution in [1.29, 1.82) is 0 Å². The van der Waals surface area contributed by atoms with E-state index in [4.69, 9.17) is 16.3 Å². The van der Waals surface area contributed by atoms with Gasteiger partial charge in [0.2, 0.25) is 0 Å². The highest BCUT2D eigenvalue weighted by molar-refractivity contribution is 8.14. The molecular weight excluding hydrogens is 332 g/mol. The van der Waals surface area contributed by atoms with Crippen molar-refractivity contribution in [2.75, 3.05) is 20.2 Å². The molecule has 0 saturated carbocycles. The summed E-state index contributed by atoms with van der Waals surface area (Å²) in [5.74, 6) is 0.198. The predicted molar refractivity (Wildman–Crippen MR) is 97.9 cm³/mol. The van der Waals surface area contributed by atoms with E-state index < -0.39 is 0 Å². The summed E-state index contributed by atoms with van der Waals surface area (Å²) in [7, 11) is 1.54. The number of unbranched alkanes of at least 4 members (excludes halogenated alkanes) is 1. The zero-order chi connectivity index (χ0) is 16.8. The van der Waals surface area contributed by atoms with Gasteiger partial charge in [0.25, 0.3) is 5.91 Å². The quantitative estimate of drug-likeness (QED) is 0.755. The Balaban J connectivity index is 2.24. The lowest BCUT2D eigenvalue weighted by atomic mass is 10.2. The van der Waals surface area contributed by atoms with E-state index in [0.29, 0.717) is 21.6 Å². The number of carbonyl (C=O) groups is 1. The van der Waals surface area contributed by atoms with Crippen LogP contribution in [-0.4, -0.2) is 41.4 Å². The third-order valence-corrected chi connectivity index (χ3v) is 5.40. The van der Waals surface area contributed by atoms with Crippen molar-refractivity contribution in [3.05, 3.63) is 28.8 Å². The standard InChI is InChI=1S/C17H23ClN2O2S/c1-4-6-9-20-11-13(5-2)23-17(20)19-16(21)14-10-12(18)7-8-15(14)22-3/h7-8,10,13H,4-6,9,11H2,1-3H3/b19-17-. The van der Waals surface area contributed by atoms with Crippen molar-refractivity contribution >= 4 is 34.4 Å². The molecule has 2 rings (SSSR count). The first kappa shape index (κ1) is 18.1. The maximum Gasteiger partial charge on any atom is 0.283 e. The Kier molecular flexibility index (Phi) is 6.78. The summed E-state index contributed by atoms with van der Waals surface area (Å²) >= 11 is 7.70. The molecule has 1 atom stereocenters. The van der Waals surface area contributed by atoms with Crippen molar-refractivity contribution in [1.82, 2.24) is 4.90 Å². The Morgan fingerprint density at radius 3 is 2.91 bits per heavy atom. The van der Waals surface area contributed by atoms with Crippen LogP contribution in [0.2, 0.25) is 5.02 Å². The lowest BCUT2D eigenvalue weighted by molar-refractivity contribution is 0.0999. The van der Waals surface area contributed by atoms with Crippen molar-refractivity contribution < 1.29 is 9.53 Å². The molecule has 0 spiro atoms. The van der Waals surface area contributed by atoms with Gasteiger partial charge in [0.15, 0.2) is 5.17 Å². The number of benzene rings is 1. The zero-order valence-electron chi connectivity index (χ0n) is 13.8. The Bertz CT molecular complexity index is 592. The molecule has 0 aromatic heterocycles. The summed E-state index contributed by atoms with van der Waals surface area (Å²) in [5.41, 5.74) is 0.406. The molecule has 0 aliphatic carbocycles. The first-order valence-corrected chi connectivity index (χ1v) is 9.22. The Hall–Kier alpha value is -1.20. The van der Waals surface area contributed by atoms with E-state index in [-0.39, 0.29) is 5.91 Å². The van der Waals surface area contributed by atoms with Crippen molar-refractivity contribution in [2.24, 2.45) is 4.99 Å². The molecule has 1 amide bonds. The minimum atomic E-state index is -0.301. The van der Waals surface area contributed by atoms with E-state index in [1.165, 1.54) is 7.11 Å². The second-order valence-corrected chi connectivity index (χ2v) is 7.20. The molecule has 1 fully saturated rings. The molecule has 4 nitrogen and oxygen atoms in total. The van der Waals surface area contributed by atoms with E-state index in [1.807, 2.05) is 0 Å². The molecule has 0 radical (unpaired) electrons.